The Kier molecular flexibility index (Phi) is 7.81. The van der Waals surface area contributed by atoms with E-state index in [2.05, 4.69) is 37.7 Å². The van der Waals surface area contributed by atoms with Gasteiger partial charge in [0, 0.05) is 17.8 Å². The molecule has 0 saturated carbocycles. The number of rotatable bonds is 7. The Balaban J connectivity index is 3.00. The van der Waals surface area contributed by atoms with E-state index in [0.717, 1.165) is 19.6 Å². The molecule has 0 aliphatic heterocycles. The van der Waals surface area contributed by atoms with Crippen LogP contribution in [0.25, 0.3) is 0 Å². The third-order valence-electron chi connectivity index (χ3n) is 1.67. The topological polar surface area (TPSA) is 24.1 Å². The summed E-state index contributed by atoms with van der Waals surface area (Å²) in [4.78, 5) is 0. The maximum absolute atomic E-state index is 3.47. The molecular weight excluding hydrogens is 180 g/mol. The summed E-state index contributed by atoms with van der Waals surface area (Å²) in [6, 6.07) is 0. The highest BCUT2D eigenvalue weighted by molar-refractivity contribution is 7.98. The van der Waals surface area contributed by atoms with Crippen LogP contribution >= 0.6 is 11.8 Å². The van der Waals surface area contributed by atoms with Crippen LogP contribution in [0.4, 0.5) is 0 Å². The van der Waals surface area contributed by atoms with Crippen molar-refractivity contribution in [3.05, 3.63) is 0 Å². The fourth-order valence-corrected chi connectivity index (χ4v) is 1.32. The van der Waals surface area contributed by atoms with E-state index in [0.29, 0.717) is 0 Å². The lowest BCUT2D eigenvalue weighted by Crippen LogP contribution is -2.37. The third kappa shape index (κ3) is 12.3. The van der Waals surface area contributed by atoms with Gasteiger partial charge in [0.15, 0.2) is 0 Å². The summed E-state index contributed by atoms with van der Waals surface area (Å²) < 4.78 is 0. The van der Waals surface area contributed by atoms with Crippen LogP contribution in [0.2, 0.25) is 0 Å². The van der Waals surface area contributed by atoms with Crippen molar-refractivity contribution in [3.63, 3.8) is 0 Å². The van der Waals surface area contributed by atoms with E-state index in [1.165, 1.54) is 12.2 Å². The molecule has 2 nitrogen and oxygen atoms in total. The maximum Gasteiger partial charge on any atom is 0.00965 e. The van der Waals surface area contributed by atoms with Gasteiger partial charge in [-0.2, -0.15) is 11.8 Å². The molecule has 0 fully saturated rings. The van der Waals surface area contributed by atoms with E-state index < -0.39 is 0 Å². The molecule has 0 aliphatic carbocycles. The monoisotopic (exact) mass is 204 g/mol. The SMILES string of the molecule is CSCCNCCCNC(C)(C)C. The number of hydrogen-bond acceptors (Lipinski definition) is 3. The lowest BCUT2D eigenvalue weighted by molar-refractivity contribution is 0.419. The van der Waals surface area contributed by atoms with E-state index in [4.69, 9.17) is 0 Å². The van der Waals surface area contributed by atoms with E-state index in [1.807, 2.05) is 11.8 Å². The van der Waals surface area contributed by atoms with Gasteiger partial charge in [0.25, 0.3) is 0 Å². The second kappa shape index (κ2) is 7.65. The van der Waals surface area contributed by atoms with Gasteiger partial charge in [-0.05, 0) is 46.5 Å². The van der Waals surface area contributed by atoms with Crippen LogP contribution in [0, 0.1) is 0 Å². The van der Waals surface area contributed by atoms with Gasteiger partial charge in [0.2, 0.25) is 0 Å². The van der Waals surface area contributed by atoms with Crippen LogP contribution < -0.4 is 10.6 Å². The third-order valence-corrected chi connectivity index (χ3v) is 2.28. The zero-order valence-electron chi connectivity index (χ0n) is 9.44. The van der Waals surface area contributed by atoms with Crippen molar-refractivity contribution in [1.82, 2.24) is 10.6 Å². The van der Waals surface area contributed by atoms with Gasteiger partial charge in [-0.25, -0.2) is 0 Å². The average molecular weight is 204 g/mol. The van der Waals surface area contributed by atoms with Crippen molar-refractivity contribution in [2.45, 2.75) is 32.7 Å². The zero-order chi connectivity index (χ0) is 10.2. The molecule has 0 aromatic rings. The number of nitrogens with one attached hydrogen (secondary N) is 2. The van der Waals surface area contributed by atoms with Crippen LogP contribution in [0.1, 0.15) is 27.2 Å². The molecule has 0 aromatic heterocycles. The summed E-state index contributed by atoms with van der Waals surface area (Å²) in [5.74, 6) is 1.21. The minimum Gasteiger partial charge on any atom is -0.316 e. The molecule has 0 aliphatic rings. The van der Waals surface area contributed by atoms with Crippen LogP contribution in [0.15, 0.2) is 0 Å². The molecule has 2 N–H and O–H groups in total. The first-order chi connectivity index (χ1) is 6.06. The first-order valence-corrected chi connectivity index (χ1v) is 6.40. The van der Waals surface area contributed by atoms with Crippen molar-refractivity contribution in [2.75, 3.05) is 31.6 Å². The second-order valence-electron chi connectivity index (χ2n) is 4.27. The van der Waals surface area contributed by atoms with Gasteiger partial charge >= 0.3 is 0 Å². The zero-order valence-corrected chi connectivity index (χ0v) is 10.3. The summed E-state index contributed by atoms with van der Waals surface area (Å²) in [5, 5.41) is 6.88. The molecule has 0 rings (SSSR count). The summed E-state index contributed by atoms with van der Waals surface area (Å²) >= 11 is 1.89. The summed E-state index contributed by atoms with van der Waals surface area (Å²) in [6.45, 7) is 9.98. The molecule has 3 heteroatoms. The van der Waals surface area contributed by atoms with Crippen LogP contribution in [-0.4, -0.2) is 37.2 Å². The molecule has 0 unspecified atom stereocenters. The van der Waals surface area contributed by atoms with Crippen LogP contribution in [-0.2, 0) is 0 Å². The molecule has 0 heterocycles. The van der Waals surface area contributed by atoms with Gasteiger partial charge in [-0.1, -0.05) is 0 Å². The Bertz CT molecular complexity index is 110. The summed E-state index contributed by atoms with van der Waals surface area (Å²) in [7, 11) is 0. The molecule has 0 spiro atoms. The van der Waals surface area contributed by atoms with E-state index >= 15 is 0 Å². The average Bonchev–Trinajstić information content (AvgIpc) is 2.01. The molecule has 80 valence electrons. The Morgan fingerprint density at radius 1 is 1.08 bits per heavy atom. The van der Waals surface area contributed by atoms with E-state index in [-0.39, 0.29) is 5.54 Å². The minimum atomic E-state index is 0.263. The lowest BCUT2D eigenvalue weighted by atomic mass is 10.1. The highest BCUT2D eigenvalue weighted by Gasteiger charge is 2.06. The fourth-order valence-electron chi connectivity index (χ4n) is 0.976. The predicted molar refractivity (Wildman–Crippen MR) is 63.6 cm³/mol. The standard InChI is InChI=1S/C10H24N2S/c1-10(2,3)12-7-5-6-11-8-9-13-4/h11-12H,5-9H2,1-4H3. The molecule has 0 atom stereocenters. The molecular formula is C10H24N2S. The van der Waals surface area contributed by atoms with Gasteiger partial charge in [0.1, 0.15) is 0 Å². The van der Waals surface area contributed by atoms with Gasteiger partial charge in [-0.3, -0.25) is 0 Å². The Morgan fingerprint density at radius 3 is 2.31 bits per heavy atom. The van der Waals surface area contributed by atoms with Crippen LogP contribution in [0.3, 0.4) is 0 Å². The Labute approximate surface area is 87.2 Å². The predicted octanol–water partition coefficient (Wildman–Crippen LogP) is 1.72. The van der Waals surface area contributed by atoms with Gasteiger partial charge in [-0.15, -0.1) is 0 Å². The molecule has 0 aromatic carbocycles. The number of thioether (sulfide) groups is 1. The summed E-state index contributed by atoms with van der Waals surface area (Å²) in [5.41, 5.74) is 0.263. The maximum atomic E-state index is 3.47. The largest absolute Gasteiger partial charge is 0.316 e. The smallest absolute Gasteiger partial charge is 0.00965 e. The quantitative estimate of drug-likeness (QED) is 0.618. The van der Waals surface area contributed by atoms with Gasteiger partial charge < -0.3 is 10.6 Å². The van der Waals surface area contributed by atoms with Crippen molar-refractivity contribution in [1.29, 1.82) is 0 Å². The van der Waals surface area contributed by atoms with E-state index in [1.54, 1.807) is 0 Å². The lowest BCUT2D eigenvalue weighted by Gasteiger charge is -2.20. The summed E-state index contributed by atoms with van der Waals surface area (Å²) in [6.07, 6.45) is 3.36. The highest BCUT2D eigenvalue weighted by atomic mass is 32.2. The fraction of sp³-hybridized carbons (Fsp3) is 1.00. The normalized spacial score (nSPS) is 12.0. The number of hydrogen-bond donors (Lipinski definition) is 2. The van der Waals surface area contributed by atoms with Crippen molar-refractivity contribution in [2.24, 2.45) is 0 Å². The second-order valence-corrected chi connectivity index (χ2v) is 5.26. The highest BCUT2D eigenvalue weighted by Crippen LogP contribution is 1.97. The Hall–Kier alpha value is 0.270. The van der Waals surface area contributed by atoms with Crippen molar-refractivity contribution < 1.29 is 0 Å². The first-order valence-electron chi connectivity index (χ1n) is 5.01. The molecule has 13 heavy (non-hydrogen) atoms. The van der Waals surface area contributed by atoms with Crippen molar-refractivity contribution in [3.8, 4) is 0 Å². The first kappa shape index (κ1) is 13.3. The minimum absolute atomic E-state index is 0.263. The molecule has 0 radical (unpaired) electrons. The van der Waals surface area contributed by atoms with Gasteiger partial charge in [0.05, 0.1) is 0 Å². The molecule has 0 amide bonds. The van der Waals surface area contributed by atoms with Crippen molar-refractivity contribution >= 4 is 11.8 Å². The Morgan fingerprint density at radius 2 is 1.77 bits per heavy atom. The molecule has 0 saturated heterocycles. The molecule has 0 bridgehead atoms. The van der Waals surface area contributed by atoms with E-state index in [9.17, 15) is 0 Å². The van der Waals surface area contributed by atoms with Crippen LogP contribution in [0.5, 0.6) is 0 Å².